The van der Waals surface area contributed by atoms with Gasteiger partial charge in [0, 0.05) is 18.1 Å². The van der Waals surface area contributed by atoms with Gasteiger partial charge in [0.1, 0.15) is 0 Å². The molecule has 0 aliphatic carbocycles. The molecule has 5 heteroatoms. The van der Waals surface area contributed by atoms with Crippen molar-refractivity contribution in [1.82, 2.24) is 15.5 Å². The van der Waals surface area contributed by atoms with Gasteiger partial charge in [-0.15, -0.1) is 10.2 Å². The van der Waals surface area contributed by atoms with Crippen molar-refractivity contribution in [3.05, 3.63) is 42.0 Å². The fourth-order valence-electron chi connectivity index (χ4n) is 2.33. The molecule has 1 aromatic carbocycles. The molecule has 1 atom stereocenters. The van der Waals surface area contributed by atoms with E-state index >= 15 is 0 Å². The molecule has 1 saturated heterocycles. The van der Waals surface area contributed by atoms with Gasteiger partial charge < -0.3 is 10.1 Å². The van der Waals surface area contributed by atoms with E-state index in [1.54, 1.807) is 13.2 Å². The Hall–Kier alpha value is -2.43. The number of carbonyl (C=O) groups excluding carboxylic acids is 1. The zero-order valence-corrected chi connectivity index (χ0v) is 11.2. The molecule has 0 bridgehead atoms. The fourth-order valence-corrected chi connectivity index (χ4v) is 2.33. The molecule has 0 spiro atoms. The number of benzene rings is 1. The van der Waals surface area contributed by atoms with Crippen molar-refractivity contribution in [1.29, 1.82) is 0 Å². The molecule has 102 valence electrons. The van der Waals surface area contributed by atoms with Gasteiger partial charge in [0.15, 0.2) is 0 Å². The van der Waals surface area contributed by atoms with E-state index in [-0.39, 0.29) is 11.9 Å². The molecule has 20 heavy (non-hydrogen) atoms. The molecule has 0 radical (unpaired) electrons. The average molecular weight is 269 g/mol. The van der Waals surface area contributed by atoms with Crippen LogP contribution in [0.1, 0.15) is 24.4 Å². The fraction of sp³-hybridized carbons (Fsp3) is 0.267. The van der Waals surface area contributed by atoms with E-state index in [1.807, 2.05) is 30.3 Å². The Bertz CT molecular complexity index is 608. The van der Waals surface area contributed by atoms with Crippen LogP contribution < -0.4 is 10.1 Å². The maximum absolute atomic E-state index is 11.2. The van der Waals surface area contributed by atoms with Gasteiger partial charge >= 0.3 is 0 Å². The smallest absolute Gasteiger partial charge is 0.233 e. The third-order valence-corrected chi connectivity index (χ3v) is 3.45. The summed E-state index contributed by atoms with van der Waals surface area (Å²) in [7, 11) is 1.56. The number of rotatable bonds is 3. The lowest BCUT2D eigenvalue weighted by atomic mass is 10.0. The molecule has 1 aromatic heterocycles. The normalized spacial score (nSPS) is 17.9. The molecule has 1 unspecified atom stereocenters. The highest BCUT2D eigenvalue weighted by Crippen LogP contribution is 2.26. The minimum absolute atomic E-state index is 0.125. The molecule has 0 saturated carbocycles. The zero-order chi connectivity index (χ0) is 13.9. The van der Waals surface area contributed by atoms with Crippen molar-refractivity contribution in [3.63, 3.8) is 0 Å². The van der Waals surface area contributed by atoms with Crippen LogP contribution in [0.4, 0.5) is 0 Å². The summed E-state index contributed by atoms with van der Waals surface area (Å²) in [4.78, 5) is 11.2. The van der Waals surface area contributed by atoms with Crippen LogP contribution in [-0.4, -0.2) is 23.2 Å². The van der Waals surface area contributed by atoms with Crippen LogP contribution in [0.15, 0.2) is 36.4 Å². The highest BCUT2D eigenvalue weighted by Gasteiger charge is 2.21. The summed E-state index contributed by atoms with van der Waals surface area (Å²) in [6.45, 7) is 0. The van der Waals surface area contributed by atoms with Gasteiger partial charge in [0.2, 0.25) is 11.8 Å². The molecule has 1 aliphatic heterocycles. The second-order valence-electron chi connectivity index (χ2n) is 4.74. The van der Waals surface area contributed by atoms with Gasteiger partial charge in [0.05, 0.1) is 18.8 Å². The van der Waals surface area contributed by atoms with Gasteiger partial charge in [-0.2, -0.15) is 0 Å². The molecule has 1 fully saturated rings. The van der Waals surface area contributed by atoms with Gasteiger partial charge in [0.25, 0.3) is 0 Å². The summed E-state index contributed by atoms with van der Waals surface area (Å²) in [5, 5.41) is 11.0. The lowest BCUT2D eigenvalue weighted by Gasteiger charge is -2.10. The van der Waals surface area contributed by atoms with Crippen LogP contribution in [0, 0.1) is 0 Å². The molecule has 1 N–H and O–H groups in total. The average Bonchev–Trinajstić information content (AvgIpc) is 2.94. The third kappa shape index (κ3) is 2.47. The minimum Gasteiger partial charge on any atom is -0.480 e. The Kier molecular flexibility index (Phi) is 3.33. The summed E-state index contributed by atoms with van der Waals surface area (Å²) in [5.41, 5.74) is 2.92. The third-order valence-electron chi connectivity index (χ3n) is 3.45. The number of hydrogen-bond donors (Lipinski definition) is 1. The summed E-state index contributed by atoms with van der Waals surface area (Å²) >= 11 is 0. The molecule has 2 heterocycles. The second-order valence-corrected chi connectivity index (χ2v) is 4.74. The summed E-state index contributed by atoms with van der Waals surface area (Å²) < 4.78 is 4.99. The number of aromatic nitrogens is 2. The molecule has 2 aromatic rings. The maximum atomic E-state index is 11.2. The Morgan fingerprint density at radius 3 is 2.50 bits per heavy atom. The molecule has 1 amide bonds. The van der Waals surface area contributed by atoms with E-state index < -0.39 is 0 Å². The van der Waals surface area contributed by atoms with E-state index in [1.165, 1.54) is 0 Å². The molecule has 1 aliphatic rings. The van der Waals surface area contributed by atoms with E-state index in [9.17, 15) is 4.79 Å². The predicted octanol–water partition coefficient (Wildman–Crippen LogP) is 2.10. The van der Waals surface area contributed by atoms with Gasteiger partial charge in [-0.1, -0.05) is 24.3 Å². The van der Waals surface area contributed by atoms with E-state index in [0.717, 1.165) is 23.2 Å². The van der Waals surface area contributed by atoms with Crippen LogP contribution >= 0.6 is 0 Å². The number of nitrogens with one attached hydrogen (secondary N) is 1. The summed E-state index contributed by atoms with van der Waals surface area (Å²) in [5.74, 6) is 0.624. The van der Waals surface area contributed by atoms with Crippen molar-refractivity contribution >= 4 is 5.91 Å². The Morgan fingerprint density at radius 1 is 1.15 bits per heavy atom. The van der Waals surface area contributed by atoms with Crippen LogP contribution in [0.2, 0.25) is 0 Å². The number of hydrogen-bond acceptors (Lipinski definition) is 4. The first-order chi connectivity index (χ1) is 9.76. The summed E-state index contributed by atoms with van der Waals surface area (Å²) in [6.07, 6.45) is 1.47. The quantitative estimate of drug-likeness (QED) is 0.926. The largest absolute Gasteiger partial charge is 0.480 e. The van der Waals surface area contributed by atoms with Gasteiger partial charge in [-0.05, 0) is 18.1 Å². The van der Waals surface area contributed by atoms with Crippen molar-refractivity contribution in [2.45, 2.75) is 18.9 Å². The maximum Gasteiger partial charge on any atom is 0.233 e. The molecular formula is C15H15N3O2. The first-order valence-corrected chi connectivity index (χ1v) is 6.53. The van der Waals surface area contributed by atoms with Crippen molar-refractivity contribution in [2.75, 3.05) is 7.11 Å². The van der Waals surface area contributed by atoms with Gasteiger partial charge in [-0.3, -0.25) is 4.79 Å². The summed E-state index contributed by atoms with van der Waals surface area (Å²) in [6, 6.07) is 11.8. The predicted molar refractivity (Wildman–Crippen MR) is 74.1 cm³/mol. The molecule has 3 rings (SSSR count). The highest BCUT2D eigenvalue weighted by molar-refractivity contribution is 5.78. The zero-order valence-electron chi connectivity index (χ0n) is 11.2. The van der Waals surface area contributed by atoms with Crippen molar-refractivity contribution < 1.29 is 9.53 Å². The minimum atomic E-state index is 0.125. The number of amides is 1. The van der Waals surface area contributed by atoms with E-state index in [2.05, 4.69) is 15.5 Å². The van der Waals surface area contributed by atoms with Crippen LogP contribution in [0.3, 0.4) is 0 Å². The Balaban J connectivity index is 1.79. The van der Waals surface area contributed by atoms with E-state index in [0.29, 0.717) is 12.3 Å². The SMILES string of the molecule is COc1ccc(-c2ccc(C3CCC(=O)N3)cc2)nn1. The number of ether oxygens (including phenoxy) is 1. The van der Waals surface area contributed by atoms with Crippen LogP contribution in [0.25, 0.3) is 11.3 Å². The first-order valence-electron chi connectivity index (χ1n) is 6.53. The van der Waals surface area contributed by atoms with Gasteiger partial charge in [-0.25, -0.2) is 0 Å². The molecule has 5 nitrogen and oxygen atoms in total. The number of methoxy groups -OCH3 is 1. The lowest BCUT2D eigenvalue weighted by Crippen LogP contribution is -2.18. The monoisotopic (exact) mass is 269 g/mol. The second kappa shape index (κ2) is 5.28. The topological polar surface area (TPSA) is 64.1 Å². The highest BCUT2D eigenvalue weighted by atomic mass is 16.5. The number of nitrogens with zero attached hydrogens (tertiary/aromatic N) is 2. The standard InChI is InChI=1S/C15H15N3O2/c1-20-15-9-7-13(17-18-15)11-4-2-10(3-5-11)12-6-8-14(19)16-12/h2-5,7,9,12H,6,8H2,1H3,(H,16,19). The van der Waals surface area contributed by atoms with E-state index in [4.69, 9.17) is 4.74 Å². The number of carbonyl (C=O) groups is 1. The first kappa shape index (κ1) is 12.6. The Morgan fingerprint density at radius 2 is 1.95 bits per heavy atom. The Labute approximate surface area is 117 Å². The van der Waals surface area contributed by atoms with Crippen molar-refractivity contribution in [2.24, 2.45) is 0 Å². The molecular weight excluding hydrogens is 254 g/mol. The van der Waals surface area contributed by atoms with Crippen molar-refractivity contribution in [3.8, 4) is 17.1 Å². The van der Waals surface area contributed by atoms with Crippen LogP contribution in [-0.2, 0) is 4.79 Å². The lowest BCUT2D eigenvalue weighted by molar-refractivity contribution is -0.119. The van der Waals surface area contributed by atoms with Crippen LogP contribution in [0.5, 0.6) is 5.88 Å².